The number of amides is 1. The maximum atomic E-state index is 11.0. The van der Waals surface area contributed by atoms with Crippen LogP contribution in [0.5, 0.6) is 0 Å². The lowest BCUT2D eigenvalue weighted by Gasteiger charge is -2.20. The van der Waals surface area contributed by atoms with Crippen LogP contribution in [0.4, 0.5) is 4.79 Å². The summed E-state index contributed by atoms with van der Waals surface area (Å²) in [6.07, 6.45) is -1.71. The molecule has 1 saturated heterocycles. The molecule has 70 valence electrons. The minimum atomic E-state index is -3.91. The Kier molecular flexibility index (Phi) is 2.67. The van der Waals surface area contributed by atoms with Gasteiger partial charge < -0.3 is 14.4 Å². The van der Waals surface area contributed by atoms with Crippen LogP contribution in [0.2, 0.25) is 0 Å². The summed E-state index contributed by atoms with van der Waals surface area (Å²) in [6, 6.07) is 0. The van der Waals surface area contributed by atoms with Crippen LogP contribution < -0.4 is 0 Å². The maximum absolute atomic E-state index is 11.0. The molecule has 0 aromatic heterocycles. The molecule has 1 fully saturated rings. The Balaban J connectivity index is 2.85. The van der Waals surface area contributed by atoms with Crippen molar-refractivity contribution in [2.45, 2.75) is 6.23 Å². The average Bonchev–Trinajstić information content (AvgIpc) is 2.29. The number of carbonyl (C=O) groups is 1. The topological polar surface area (TPSA) is 76.1 Å². The summed E-state index contributed by atoms with van der Waals surface area (Å²) in [5.41, 5.74) is 0. The fraction of sp³-hybridized carbons (Fsp3) is 0.750. The van der Waals surface area contributed by atoms with E-state index in [1.165, 1.54) is 7.11 Å². The molecule has 2 unspecified atom stereocenters. The van der Waals surface area contributed by atoms with Gasteiger partial charge in [0.15, 0.2) is 6.23 Å². The molecule has 1 aliphatic heterocycles. The van der Waals surface area contributed by atoms with E-state index in [9.17, 15) is 9.36 Å². The Morgan fingerprint density at radius 3 is 2.83 bits per heavy atom. The van der Waals surface area contributed by atoms with Crippen molar-refractivity contribution < 1.29 is 23.7 Å². The van der Waals surface area contributed by atoms with Crippen molar-refractivity contribution >= 4 is 25.1 Å². The van der Waals surface area contributed by atoms with Crippen LogP contribution in [-0.4, -0.2) is 35.6 Å². The van der Waals surface area contributed by atoms with E-state index in [1.807, 2.05) is 0 Å². The summed E-state index contributed by atoms with van der Waals surface area (Å²) in [5, 5.41) is 0. The molecule has 2 atom stereocenters. The Morgan fingerprint density at radius 2 is 2.50 bits per heavy atom. The largest absolute Gasteiger partial charge is 0.444 e. The molecule has 8 heteroatoms. The van der Waals surface area contributed by atoms with Crippen LogP contribution in [0.1, 0.15) is 0 Å². The van der Waals surface area contributed by atoms with E-state index >= 15 is 0 Å². The molecule has 1 N–H and O–H groups in total. The number of hydrogen-bond acceptors (Lipinski definition) is 4. The predicted molar refractivity (Wildman–Crippen MR) is 42.8 cm³/mol. The van der Waals surface area contributed by atoms with E-state index in [2.05, 4.69) is 17.0 Å². The van der Waals surface area contributed by atoms with Crippen molar-refractivity contribution in [1.82, 2.24) is 4.67 Å². The molecule has 1 amide bonds. The number of ether oxygens (including phenoxy) is 2. The predicted octanol–water partition coefficient (Wildman–Crippen LogP) is 0.441. The third kappa shape index (κ3) is 1.74. The molecule has 1 aliphatic rings. The zero-order chi connectivity index (χ0) is 9.35. The van der Waals surface area contributed by atoms with Crippen molar-refractivity contribution in [3.63, 3.8) is 0 Å². The molecule has 0 aliphatic carbocycles. The van der Waals surface area contributed by atoms with Crippen LogP contribution in [0.15, 0.2) is 0 Å². The number of nitrogens with zero attached hydrogens (tertiary/aromatic N) is 1. The van der Waals surface area contributed by atoms with Crippen molar-refractivity contribution in [2.24, 2.45) is 0 Å². The monoisotopic (exact) mass is 213 g/mol. The Hall–Kier alpha value is -0.230. The van der Waals surface area contributed by atoms with Gasteiger partial charge in [0.05, 0.1) is 0 Å². The first-order chi connectivity index (χ1) is 5.46. The Morgan fingerprint density at radius 1 is 1.92 bits per heavy atom. The molecule has 0 aromatic rings. The molecule has 6 nitrogen and oxygen atoms in total. The zero-order valence-corrected chi connectivity index (χ0v) is 8.00. The quantitative estimate of drug-likeness (QED) is 0.514. The van der Waals surface area contributed by atoms with Gasteiger partial charge in [0, 0.05) is 7.11 Å². The lowest BCUT2D eigenvalue weighted by Crippen LogP contribution is -2.30. The Labute approximate surface area is 74.1 Å². The van der Waals surface area contributed by atoms with Crippen LogP contribution >= 0.6 is 19.0 Å². The molecular weight excluding hydrogens is 205 g/mol. The van der Waals surface area contributed by atoms with Gasteiger partial charge >= 0.3 is 12.8 Å². The normalized spacial score (nSPS) is 28.4. The first kappa shape index (κ1) is 9.85. The molecule has 0 aromatic carbocycles. The first-order valence-corrected chi connectivity index (χ1v) is 5.78. The number of rotatable bonds is 2. The molecule has 0 radical (unpaired) electrons. The van der Waals surface area contributed by atoms with Crippen LogP contribution in [0, 0.1) is 0 Å². The highest BCUT2D eigenvalue weighted by molar-refractivity contribution is 8.45. The maximum Gasteiger partial charge on any atom is 0.420 e. The summed E-state index contributed by atoms with van der Waals surface area (Å²) < 4.78 is 20.7. The summed E-state index contributed by atoms with van der Waals surface area (Å²) in [7, 11) is 1.31. The molecule has 12 heavy (non-hydrogen) atoms. The summed E-state index contributed by atoms with van der Waals surface area (Å²) >= 11 is 3.38. The summed E-state index contributed by atoms with van der Waals surface area (Å²) in [5.74, 6) is 0. The average molecular weight is 213 g/mol. The second-order valence-electron chi connectivity index (χ2n) is 2.13. The van der Waals surface area contributed by atoms with E-state index in [0.717, 1.165) is 0 Å². The lowest BCUT2D eigenvalue weighted by molar-refractivity contribution is 0.0426. The molecular formula is C4H8NO5PS. The summed E-state index contributed by atoms with van der Waals surface area (Å²) in [6.45, 7) is -3.97. The van der Waals surface area contributed by atoms with Crippen LogP contribution in [0.25, 0.3) is 0 Å². The SMILES string of the molecule is COC1COC(=O)N1P(=O)(O)S. The van der Waals surface area contributed by atoms with Crippen molar-refractivity contribution in [3.05, 3.63) is 0 Å². The van der Waals surface area contributed by atoms with Gasteiger partial charge in [-0.1, -0.05) is 12.2 Å². The fourth-order valence-electron chi connectivity index (χ4n) is 0.839. The van der Waals surface area contributed by atoms with E-state index in [-0.39, 0.29) is 6.61 Å². The number of thiol groups is 1. The van der Waals surface area contributed by atoms with Gasteiger partial charge in [0.25, 0.3) is 0 Å². The lowest BCUT2D eigenvalue weighted by atomic mass is 10.6. The van der Waals surface area contributed by atoms with Crippen molar-refractivity contribution in [2.75, 3.05) is 13.7 Å². The standard InChI is InChI=1S/C4H8NO5PS/c1-9-3-2-10-4(6)5(3)11(7,8)12/h3H,2H2,1H3,(H2,7,8,12). The minimum absolute atomic E-state index is 0.0551. The van der Waals surface area contributed by atoms with Crippen molar-refractivity contribution in [1.29, 1.82) is 0 Å². The number of cyclic esters (lactones) is 1. The van der Waals surface area contributed by atoms with E-state index in [0.29, 0.717) is 4.67 Å². The second-order valence-corrected chi connectivity index (χ2v) is 5.15. The van der Waals surface area contributed by atoms with Gasteiger partial charge in [0.1, 0.15) is 6.61 Å². The second kappa shape index (κ2) is 3.26. The number of methoxy groups -OCH3 is 1. The van der Waals surface area contributed by atoms with Gasteiger partial charge in [0.2, 0.25) is 0 Å². The van der Waals surface area contributed by atoms with E-state index in [1.54, 1.807) is 0 Å². The van der Waals surface area contributed by atoms with Crippen LogP contribution in [-0.2, 0) is 14.0 Å². The number of hydrogen-bond donors (Lipinski definition) is 2. The molecule has 0 spiro atoms. The van der Waals surface area contributed by atoms with Gasteiger partial charge in [-0.05, 0) is 0 Å². The zero-order valence-electron chi connectivity index (χ0n) is 6.21. The Bertz CT molecular complexity index is 240. The third-order valence-electron chi connectivity index (χ3n) is 1.36. The smallest absolute Gasteiger partial charge is 0.420 e. The molecule has 0 saturated carbocycles. The fourth-order valence-corrected chi connectivity index (χ4v) is 2.17. The highest BCUT2D eigenvalue weighted by Gasteiger charge is 2.42. The van der Waals surface area contributed by atoms with Crippen molar-refractivity contribution in [3.8, 4) is 0 Å². The molecule has 1 heterocycles. The number of carbonyl (C=O) groups excluding carboxylic acids is 1. The highest BCUT2D eigenvalue weighted by Crippen LogP contribution is 2.52. The van der Waals surface area contributed by atoms with E-state index in [4.69, 9.17) is 9.63 Å². The van der Waals surface area contributed by atoms with Gasteiger partial charge in [-0.2, -0.15) is 4.67 Å². The third-order valence-corrected chi connectivity index (χ3v) is 2.92. The molecule has 0 bridgehead atoms. The summed E-state index contributed by atoms with van der Waals surface area (Å²) in [4.78, 5) is 19.8. The molecule has 1 rings (SSSR count). The van der Waals surface area contributed by atoms with E-state index < -0.39 is 19.0 Å². The van der Waals surface area contributed by atoms with Gasteiger partial charge in [-0.3, -0.25) is 4.57 Å². The minimum Gasteiger partial charge on any atom is -0.444 e. The van der Waals surface area contributed by atoms with Gasteiger partial charge in [-0.15, -0.1) is 0 Å². The van der Waals surface area contributed by atoms with Crippen LogP contribution in [0.3, 0.4) is 0 Å². The van der Waals surface area contributed by atoms with Gasteiger partial charge in [-0.25, -0.2) is 4.79 Å². The highest BCUT2D eigenvalue weighted by atomic mass is 32.7. The first-order valence-electron chi connectivity index (χ1n) is 3.01.